The number of rotatable bonds is 11. The van der Waals surface area contributed by atoms with Crippen LogP contribution in [0.15, 0.2) is 531 Å². The molecule has 0 aliphatic carbocycles. The monoisotopic (exact) mass is 1890 g/mol. The predicted molar refractivity (Wildman–Crippen MR) is 620 cm³/mol. The van der Waals surface area contributed by atoms with Gasteiger partial charge in [0.25, 0.3) is 0 Å². The molecule has 32 aromatic rings. The van der Waals surface area contributed by atoms with Gasteiger partial charge < -0.3 is 36.2 Å². The van der Waals surface area contributed by atoms with Crippen LogP contribution in [0, 0.1) is 0 Å². The predicted octanol–water partition coefficient (Wildman–Crippen LogP) is 38.1. The Labute approximate surface area is 847 Å². The Kier molecular flexibility index (Phi) is 19.1. The quantitative estimate of drug-likeness (QED) is 0.130. The summed E-state index contributed by atoms with van der Waals surface area (Å²) in [5.41, 5.74) is 37.1. The summed E-state index contributed by atoms with van der Waals surface area (Å²) in [6.07, 6.45) is 0. The summed E-state index contributed by atoms with van der Waals surface area (Å²) in [7, 11) is 0. The zero-order valence-corrected chi connectivity index (χ0v) is 80.4. The Morgan fingerprint density at radius 3 is 0.837 bits per heavy atom. The van der Waals surface area contributed by atoms with Gasteiger partial charge in [0.2, 0.25) is 0 Å². The van der Waals surface area contributed by atoms with Crippen molar-refractivity contribution in [3.63, 3.8) is 0 Å². The summed E-state index contributed by atoms with van der Waals surface area (Å²) in [5, 5.41) is 22.2. The molecule has 9 heteroatoms. The fourth-order valence-electron chi connectivity index (χ4n) is 23.7. The van der Waals surface area contributed by atoms with Crippen LogP contribution in [-0.2, 0) is 0 Å². The number of benzene rings is 23. The van der Waals surface area contributed by atoms with Gasteiger partial charge in [0.15, 0.2) is 0 Å². The van der Waals surface area contributed by atoms with Crippen LogP contribution < -0.4 is 0 Å². The molecule has 9 heterocycles. The molecule has 0 bridgehead atoms. The highest BCUT2D eigenvalue weighted by atomic mass is 32.1. The van der Waals surface area contributed by atoms with Crippen molar-refractivity contribution in [2.24, 2.45) is 0 Å². The summed E-state index contributed by atoms with van der Waals surface area (Å²) in [4.78, 5) is 0. The molecule has 0 fully saturated rings. The number of para-hydroxylation sites is 10. The van der Waals surface area contributed by atoms with Gasteiger partial charge in [-0.25, -0.2) is 0 Å². The highest BCUT2D eigenvalue weighted by Gasteiger charge is 2.26. The average molecular weight is 1890 g/mol. The van der Waals surface area contributed by atoms with Gasteiger partial charge in [-0.05, 0) is 238 Å². The molecule has 32 rings (SSSR count). The van der Waals surface area contributed by atoms with Crippen molar-refractivity contribution < 1.29 is 8.83 Å². The average Bonchev–Trinajstić information content (AvgIpc) is 1.57. The highest BCUT2D eigenvalue weighted by Crippen LogP contribution is 2.48. The standard InChI is InChI=1S/2C48H30N2O.C42H26N2S/c1-2-12-31(13-3-1)35-14-4-8-18-42(35)50-44-20-10-6-16-37(44)41-29-33(23-27-46(41)50)32-22-26-45-40(28-32)36-15-5-9-19-43(36)49(45)34-24-25-39-38-17-7-11-21-47(38)51-48(39)30-34;1-2-11-31(12-3-1)32-13-10-14-35(27-32)49-43-18-7-4-15-37(43)41-28-33(21-25-45(41)49)34-22-26-46-42(29-34)38-16-5-8-19-44(38)50(46)36-23-24-40-39-17-6-9-20-47(39)51-48(40)30-36;1-2-11-29(12-3-1)43-36-17-7-4-13-30(36)34-25-27(21-23-38(34)43)28-22-24-39-35(26-28)31-14-5-8-18-37(31)44(39)40-19-10-16-33-32-15-6-9-20-41(32)45-42(33)40/h2*1-30H;1-26H. The lowest BCUT2D eigenvalue weighted by Gasteiger charge is -2.14. The number of hydrogen-bond acceptors (Lipinski definition) is 3. The largest absolute Gasteiger partial charge is 0.456 e. The highest BCUT2D eigenvalue weighted by molar-refractivity contribution is 7.26. The van der Waals surface area contributed by atoms with Crippen LogP contribution in [0.2, 0.25) is 0 Å². The first-order chi connectivity index (χ1) is 72.9. The molecular formula is C138H86N6O2S. The Morgan fingerprint density at radius 2 is 0.408 bits per heavy atom. The Balaban J connectivity index is 0.000000102. The molecule has 9 aromatic heterocycles. The van der Waals surface area contributed by atoms with Crippen molar-refractivity contribution in [3.05, 3.63) is 522 Å². The second-order valence-corrected chi connectivity index (χ2v) is 39.5. The lowest BCUT2D eigenvalue weighted by atomic mass is 10.0. The number of aromatic nitrogens is 6. The third kappa shape index (κ3) is 13.4. The maximum atomic E-state index is 6.30. The minimum Gasteiger partial charge on any atom is -0.456 e. The minimum atomic E-state index is 0.898. The smallest absolute Gasteiger partial charge is 0.137 e. The van der Waals surface area contributed by atoms with Gasteiger partial charge in [-0.15, -0.1) is 11.3 Å². The molecule has 0 saturated carbocycles. The molecule has 0 amide bonds. The lowest BCUT2D eigenvalue weighted by Crippen LogP contribution is -1.97. The van der Waals surface area contributed by atoms with E-state index in [4.69, 9.17) is 8.83 Å². The summed E-state index contributed by atoms with van der Waals surface area (Å²) in [6, 6.07) is 189. The second kappa shape index (κ2) is 33.7. The molecule has 0 N–H and O–H groups in total. The van der Waals surface area contributed by atoms with E-state index in [0.29, 0.717) is 0 Å². The van der Waals surface area contributed by atoms with Crippen molar-refractivity contribution in [3.8, 4) is 89.8 Å². The van der Waals surface area contributed by atoms with Crippen LogP contribution in [0.3, 0.4) is 0 Å². The van der Waals surface area contributed by atoms with Gasteiger partial charge >= 0.3 is 0 Å². The maximum absolute atomic E-state index is 6.30. The third-order valence-corrected chi connectivity index (χ3v) is 31.6. The first kappa shape index (κ1) is 83.5. The van der Waals surface area contributed by atoms with Gasteiger partial charge in [-0.3, -0.25) is 0 Å². The summed E-state index contributed by atoms with van der Waals surface area (Å²) in [6.45, 7) is 0. The number of fused-ring (bicyclic) bond motifs is 27. The van der Waals surface area contributed by atoms with Crippen LogP contribution in [-0.4, -0.2) is 27.4 Å². The second-order valence-electron chi connectivity index (χ2n) is 38.5. The van der Waals surface area contributed by atoms with Gasteiger partial charge in [-0.1, -0.05) is 322 Å². The van der Waals surface area contributed by atoms with E-state index >= 15 is 0 Å². The fourth-order valence-corrected chi connectivity index (χ4v) is 24.9. The van der Waals surface area contributed by atoms with Gasteiger partial charge in [0.05, 0.1) is 82.3 Å². The van der Waals surface area contributed by atoms with Crippen LogP contribution in [0.5, 0.6) is 0 Å². The molecule has 23 aromatic carbocycles. The lowest BCUT2D eigenvalue weighted by molar-refractivity contribution is 0.668. The molecule has 0 unspecified atom stereocenters. The van der Waals surface area contributed by atoms with E-state index in [1.54, 1.807) is 0 Å². The van der Waals surface area contributed by atoms with E-state index in [1.165, 1.54) is 224 Å². The van der Waals surface area contributed by atoms with Crippen molar-refractivity contribution in [1.29, 1.82) is 0 Å². The number of thiophene rings is 1. The van der Waals surface area contributed by atoms with Crippen LogP contribution in [0.25, 0.3) is 285 Å². The van der Waals surface area contributed by atoms with Crippen LogP contribution >= 0.6 is 11.3 Å². The normalized spacial score (nSPS) is 11.9. The van der Waals surface area contributed by atoms with Crippen LogP contribution in [0.4, 0.5) is 0 Å². The molecule has 0 spiro atoms. The zero-order chi connectivity index (χ0) is 96.4. The van der Waals surface area contributed by atoms with Gasteiger partial charge in [0.1, 0.15) is 22.3 Å². The maximum Gasteiger partial charge on any atom is 0.137 e. The van der Waals surface area contributed by atoms with Crippen molar-refractivity contribution in [1.82, 2.24) is 27.4 Å². The molecule has 0 saturated heterocycles. The Hall–Kier alpha value is -19.3. The molecule has 8 nitrogen and oxygen atoms in total. The molecule has 0 aliphatic heterocycles. The zero-order valence-electron chi connectivity index (χ0n) is 79.6. The van der Waals surface area contributed by atoms with E-state index in [-0.39, 0.29) is 0 Å². The number of furan rings is 2. The van der Waals surface area contributed by atoms with E-state index in [0.717, 1.165) is 60.9 Å². The van der Waals surface area contributed by atoms with E-state index in [2.05, 4.69) is 525 Å². The molecule has 147 heavy (non-hydrogen) atoms. The molecule has 686 valence electrons. The van der Waals surface area contributed by atoms with Crippen LogP contribution in [0.1, 0.15) is 0 Å². The van der Waals surface area contributed by atoms with Gasteiger partial charge in [0, 0.05) is 142 Å². The molecule has 0 radical (unpaired) electrons. The molecule has 0 atom stereocenters. The van der Waals surface area contributed by atoms with E-state index < -0.39 is 0 Å². The molecular weight excluding hydrogens is 1810 g/mol. The summed E-state index contributed by atoms with van der Waals surface area (Å²) >= 11 is 1.88. The van der Waals surface area contributed by atoms with Crippen molar-refractivity contribution >= 4 is 206 Å². The van der Waals surface area contributed by atoms with Gasteiger partial charge in [-0.2, -0.15) is 0 Å². The van der Waals surface area contributed by atoms with Crippen molar-refractivity contribution in [2.75, 3.05) is 0 Å². The topological polar surface area (TPSA) is 55.9 Å². The third-order valence-electron chi connectivity index (χ3n) is 30.4. The first-order valence-electron chi connectivity index (χ1n) is 50.2. The van der Waals surface area contributed by atoms with E-state index in [1.807, 2.05) is 35.6 Å². The number of hydrogen-bond donors (Lipinski definition) is 0. The summed E-state index contributed by atoms with van der Waals surface area (Å²) < 4.78 is 29.6. The van der Waals surface area contributed by atoms with Crippen molar-refractivity contribution in [2.45, 2.75) is 0 Å². The minimum absolute atomic E-state index is 0.898. The van der Waals surface area contributed by atoms with E-state index in [9.17, 15) is 0 Å². The number of nitrogens with zero attached hydrogens (tertiary/aromatic N) is 6. The molecule has 0 aliphatic rings. The first-order valence-corrected chi connectivity index (χ1v) is 51.0. The summed E-state index contributed by atoms with van der Waals surface area (Å²) in [5.74, 6) is 0. The SMILES string of the molecule is c1ccc(-c2cccc(-n3c4ccccc4c4cc(-c5ccc6c(c5)c5ccccc5n6-c5ccc6c(c5)oc5ccccc56)ccc43)c2)cc1.c1ccc(-c2ccccc2-n2c3ccccc3c3cc(-c4ccc5c(c4)c4ccccc4n5-c4ccc5c(c4)oc4ccccc45)ccc32)cc1.c1ccc(-n2c3ccccc3c3cc(-c4ccc5c(c4)c4ccccc4n5-c4cccc5c4sc4ccccc45)ccc32)cc1. The fraction of sp³-hybridized carbons (Fsp3) is 0. The Bertz CT molecular complexity index is 11000. The Morgan fingerprint density at radius 1 is 0.136 bits per heavy atom.